The van der Waals surface area contributed by atoms with Crippen LogP contribution in [0.2, 0.25) is 0 Å². The van der Waals surface area contributed by atoms with Gasteiger partial charge in [0.05, 0.1) is 17.4 Å². The van der Waals surface area contributed by atoms with Gasteiger partial charge in [0.1, 0.15) is 18.0 Å². The predicted octanol–water partition coefficient (Wildman–Crippen LogP) is 4.83. The van der Waals surface area contributed by atoms with Gasteiger partial charge in [0.2, 0.25) is 0 Å². The quantitative estimate of drug-likeness (QED) is 0.398. The summed E-state index contributed by atoms with van der Waals surface area (Å²) in [6.45, 7) is 0.313. The van der Waals surface area contributed by atoms with Crippen molar-refractivity contribution in [1.82, 2.24) is 19.7 Å². The molecule has 0 saturated heterocycles. The second-order valence-electron chi connectivity index (χ2n) is 7.59. The molecule has 0 bridgehead atoms. The van der Waals surface area contributed by atoms with E-state index in [4.69, 9.17) is 4.74 Å². The van der Waals surface area contributed by atoms with Gasteiger partial charge in [0.15, 0.2) is 0 Å². The highest BCUT2D eigenvalue weighted by Gasteiger charge is 2.19. The van der Waals surface area contributed by atoms with E-state index in [2.05, 4.69) is 15.3 Å². The normalized spacial score (nSPS) is 11.8. The number of hydrogen-bond donors (Lipinski definition) is 1. The maximum absolute atomic E-state index is 13.1. The van der Waals surface area contributed by atoms with Crippen LogP contribution in [0.3, 0.4) is 0 Å². The fourth-order valence-corrected chi connectivity index (χ4v) is 3.68. The Labute approximate surface area is 191 Å². The molecule has 5 aromatic rings. The lowest BCUT2D eigenvalue weighted by Gasteiger charge is -2.19. The lowest BCUT2D eigenvalue weighted by atomic mass is 10.0. The zero-order valence-corrected chi connectivity index (χ0v) is 17.8. The number of ether oxygens (including phenoxy) is 1. The van der Waals surface area contributed by atoms with Crippen molar-refractivity contribution in [2.24, 2.45) is 0 Å². The van der Waals surface area contributed by atoms with Crippen LogP contribution < -0.4 is 10.1 Å². The number of benzene rings is 2. The van der Waals surface area contributed by atoms with Gasteiger partial charge in [0.25, 0.3) is 5.91 Å². The maximum Gasteiger partial charge on any atom is 0.252 e. The molecule has 1 atom stereocenters. The first-order valence-corrected chi connectivity index (χ1v) is 10.7. The van der Waals surface area contributed by atoms with Crippen molar-refractivity contribution in [2.75, 3.05) is 0 Å². The van der Waals surface area contributed by atoms with Crippen molar-refractivity contribution in [2.45, 2.75) is 12.6 Å². The van der Waals surface area contributed by atoms with Crippen molar-refractivity contribution in [1.29, 1.82) is 0 Å². The first-order valence-electron chi connectivity index (χ1n) is 10.7. The molecule has 5 rings (SSSR count). The van der Waals surface area contributed by atoms with Crippen LogP contribution in [0.4, 0.5) is 0 Å². The molecule has 1 amide bonds. The number of fused-ring (bicyclic) bond motifs is 1. The number of carbonyl (C=O) groups is 1. The highest BCUT2D eigenvalue weighted by molar-refractivity contribution is 5.95. The molecule has 1 N–H and O–H groups in total. The second kappa shape index (κ2) is 9.36. The topological polar surface area (TPSA) is 68.5 Å². The van der Waals surface area contributed by atoms with Crippen molar-refractivity contribution < 1.29 is 9.53 Å². The van der Waals surface area contributed by atoms with Gasteiger partial charge < -0.3 is 14.5 Å². The Kier molecular flexibility index (Phi) is 5.80. The Morgan fingerprint density at radius 3 is 2.61 bits per heavy atom. The van der Waals surface area contributed by atoms with E-state index in [-0.39, 0.29) is 11.9 Å². The minimum Gasteiger partial charge on any atom is -0.487 e. The molecule has 1 unspecified atom stereocenters. The van der Waals surface area contributed by atoms with Crippen molar-refractivity contribution >= 4 is 11.6 Å². The first kappa shape index (κ1) is 20.5. The van der Waals surface area contributed by atoms with Crippen molar-refractivity contribution in [3.05, 3.63) is 132 Å². The van der Waals surface area contributed by atoms with Crippen LogP contribution in [-0.2, 0) is 6.61 Å². The summed E-state index contributed by atoms with van der Waals surface area (Å²) in [7, 11) is 0. The molecule has 0 saturated carbocycles. The van der Waals surface area contributed by atoms with E-state index in [9.17, 15) is 4.79 Å². The zero-order valence-electron chi connectivity index (χ0n) is 17.8. The van der Waals surface area contributed by atoms with Crippen molar-refractivity contribution in [3.8, 4) is 5.75 Å². The monoisotopic (exact) mass is 434 g/mol. The molecule has 3 aromatic heterocycles. The van der Waals surface area contributed by atoms with Gasteiger partial charge in [-0.1, -0.05) is 48.5 Å². The lowest BCUT2D eigenvalue weighted by molar-refractivity contribution is 0.0941. The standard InChI is InChI=1S/C27H22N4O2/c32-27(30-26(20-9-2-1-3-10-20)24-13-4-6-15-28-24)21-11-8-12-23(17-21)33-19-22-18-31-16-7-5-14-25(31)29-22/h1-18,26H,19H2,(H,30,32). The van der Waals surface area contributed by atoms with Crippen LogP contribution in [0.1, 0.15) is 33.4 Å². The van der Waals surface area contributed by atoms with Crippen LogP contribution in [0.15, 0.2) is 110 Å². The summed E-state index contributed by atoms with van der Waals surface area (Å²) >= 11 is 0. The lowest BCUT2D eigenvalue weighted by Crippen LogP contribution is -2.29. The summed E-state index contributed by atoms with van der Waals surface area (Å²) in [6, 6.07) is 28.1. The summed E-state index contributed by atoms with van der Waals surface area (Å²) in [5, 5.41) is 3.11. The number of rotatable bonds is 7. The number of nitrogens with one attached hydrogen (secondary N) is 1. The van der Waals surface area contributed by atoms with Gasteiger partial charge in [0, 0.05) is 24.2 Å². The number of imidazole rings is 1. The number of pyridine rings is 2. The molecule has 33 heavy (non-hydrogen) atoms. The highest BCUT2D eigenvalue weighted by Crippen LogP contribution is 2.22. The predicted molar refractivity (Wildman–Crippen MR) is 126 cm³/mol. The molecule has 6 heteroatoms. The minimum atomic E-state index is -0.359. The van der Waals surface area contributed by atoms with Crippen LogP contribution >= 0.6 is 0 Å². The van der Waals surface area contributed by atoms with E-state index in [1.54, 1.807) is 18.3 Å². The second-order valence-corrected chi connectivity index (χ2v) is 7.59. The van der Waals surface area contributed by atoms with E-state index in [0.717, 1.165) is 22.6 Å². The molecule has 162 valence electrons. The van der Waals surface area contributed by atoms with Crippen LogP contribution in [0, 0.1) is 0 Å². The summed E-state index contributed by atoms with van der Waals surface area (Å²) in [5.41, 5.74) is 3.93. The Balaban J connectivity index is 1.32. The molecule has 0 aliphatic rings. The van der Waals surface area contributed by atoms with Gasteiger partial charge >= 0.3 is 0 Å². The molecule has 0 fully saturated rings. The third-order valence-corrected chi connectivity index (χ3v) is 5.29. The fraction of sp³-hybridized carbons (Fsp3) is 0.0741. The maximum atomic E-state index is 13.1. The molecule has 0 spiro atoms. The zero-order chi connectivity index (χ0) is 22.5. The number of amides is 1. The molecule has 3 heterocycles. The van der Waals surface area contributed by atoms with E-state index >= 15 is 0 Å². The smallest absolute Gasteiger partial charge is 0.252 e. The van der Waals surface area contributed by atoms with E-state index < -0.39 is 0 Å². The van der Waals surface area contributed by atoms with Crippen LogP contribution in [-0.4, -0.2) is 20.3 Å². The van der Waals surface area contributed by atoms with Crippen LogP contribution in [0.25, 0.3) is 5.65 Å². The SMILES string of the molecule is O=C(NC(c1ccccc1)c1ccccn1)c1cccc(OCc2cn3ccccc3n2)c1. The van der Waals surface area contributed by atoms with Crippen molar-refractivity contribution in [3.63, 3.8) is 0 Å². The van der Waals surface area contributed by atoms with Gasteiger partial charge in [-0.2, -0.15) is 0 Å². The molecule has 6 nitrogen and oxygen atoms in total. The van der Waals surface area contributed by atoms with Gasteiger partial charge in [-0.15, -0.1) is 0 Å². The van der Waals surface area contributed by atoms with E-state index in [0.29, 0.717) is 17.9 Å². The summed E-state index contributed by atoms with van der Waals surface area (Å²) in [5.74, 6) is 0.404. The molecule has 0 radical (unpaired) electrons. The van der Waals surface area contributed by atoms with Gasteiger partial charge in [-0.05, 0) is 48.0 Å². The summed E-state index contributed by atoms with van der Waals surface area (Å²) in [4.78, 5) is 22.1. The minimum absolute atomic E-state index is 0.201. The first-order chi connectivity index (χ1) is 16.3. The molecule has 0 aliphatic carbocycles. The Morgan fingerprint density at radius 1 is 0.939 bits per heavy atom. The van der Waals surface area contributed by atoms with Gasteiger partial charge in [-0.25, -0.2) is 4.98 Å². The number of nitrogens with zero attached hydrogens (tertiary/aromatic N) is 3. The fourth-order valence-electron chi connectivity index (χ4n) is 3.68. The molecular formula is C27H22N4O2. The molecular weight excluding hydrogens is 412 g/mol. The summed E-state index contributed by atoms with van der Waals surface area (Å²) in [6.07, 6.45) is 5.61. The Morgan fingerprint density at radius 2 is 1.79 bits per heavy atom. The average molecular weight is 434 g/mol. The van der Waals surface area contributed by atoms with Crippen LogP contribution in [0.5, 0.6) is 5.75 Å². The molecule has 0 aliphatic heterocycles. The van der Waals surface area contributed by atoms with Gasteiger partial charge in [-0.3, -0.25) is 9.78 Å². The average Bonchev–Trinajstić information content (AvgIpc) is 3.30. The third-order valence-electron chi connectivity index (χ3n) is 5.29. The third kappa shape index (κ3) is 4.75. The number of carbonyl (C=O) groups excluding carboxylic acids is 1. The largest absolute Gasteiger partial charge is 0.487 e. The summed E-state index contributed by atoms with van der Waals surface area (Å²) < 4.78 is 7.87. The number of hydrogen-bond acceptors (Lipinski definition) is 4. The molecule has 2 aromatic carbocycles. The Bertz CT molecular complexity index is 1290. The highest BCUT2D eigenvalue weighted by atomic mass is 16.5. The van der Waals surface area contributed by atoms with E-state index in [1.165, 1.54) is 0 Å². The number of aromatic nitrogens is 3. The Hall–Kier alpha value is -4.45. The van der Waals surface area contributed by atoms with E-state index in [1.807, 2.05) is 95.7 Å².